The molecule has 2 heterocycles. The summed E-state index contributed by atoms with van der Waals surface area (Å²) in [5, 5.41) is 35.0. The standard InChI is InChI=1S/C53H78N10O13/c1-7-8-9-10-14-19-41(65)57-37(25-27-43(67)75-6)47(69)61-45-32(4)76-52(74)44(31(2)3)60-48(70)39(29-34-20-22-35(64)23-21-34)62(5)51(73)40(30-33-16-12-11-13-17-33)63-42(66)26-24-38(50(63)72)59-46(68)36(58-49(45)71)18-15-28-56-53(54)55/h11-13,16-17,20-23,31-32,36-40,42,44-45,64,66H,7-10,14-15,18-19,24-30H2,1-6H3,(H,57,65)(H,58,71)(H,59,68)(H,60,70)(H,61,69)(H4,54,55,56). The molecule has 0 radical (unpaired) electrons. The van der Waals surface area contributed by atoms with Crippen LogP contribution in [-0.2, 0) is 65.5 Å². The fourth-order valence-electron chi connectivity index (χ4n) is 9.01. The Hall–Kier alpha value is -7.30. The molecule has 2 aromatic rings. The summed E-state index contributed by atoms with van der Waals surface area (Å²) in [5.41, 5.74) is 12.2. The molecule has 2 aromatic carbocycles. The number of nitrogens with one attached hydrogen (secondary N) is 5. The molecular weight excluding hydrogens is 985 g/mol. The molecule has 7 amide bonds. The second-order valence-electron chi connectivity index (χ2n) is 19.7. The van der Waals surface area contributed by atoms with Crippen LogP contribution in [0.5, 0.6) is 5.75 Å². The van der Waals surface area contributed by atoms with Gasteiger partial charge in [0.2, 0.25) is 41.4 Å². The van der Waals surface area contributed by atoms with Crippen molar-refractivity contribution in [1.82, 2.24) is 36.4 Å². The van der Waals surface area contributed by atoms with Gasteiger partial charge in [-0.25, -0.2) is 4.79 Å². The summed E-state index contributed by atoms with van der Waals surface area (Å²) in [5.74, 6) is -8.56. The number of guanidine groups is 1. The Morgan fingerprint density at radius 3 is 2.13 bits per heavy atom. The van der Waals surface area contributed by atoms with E-state index in [1.807, 2.05) is 0 Å². The number of aliphatic hydroxyl groups excluding tert-OH is 1. The van der Waals surface area contributed by atoms with Gasteiger partial charge in [0.25, 0.3) is 0 Å². The molecule has 0 saturated carbocycles. The largest absolute Gasteiger partial charge is 0.508 e. The molecule has 2 fully saturated rings. The van der Waals surface area contributed by atoms with Crippen LogP contribution in [0.15, 0.2) is 59.6 Å². The Kier molecular flexibility index (Phi) is 24.4. The van der Waals surface area contributed by atoms with E-state index in [0.29, 0.717) is 17.5 Å². The molecule has 9 unspecified atom stereocenters. The molecule has 23 heteroatoms. The minimum atomic E-state index is -1.81. The summed E-state index contributed by atoms with van der Waals surface area (Å²) < 4.78 is 10.7. The number of likely N-dealkylation sites (N-methyl/N-ethyl adjacent to an activating group) is 1. The number of aliphatic imine (C=N–C) groups is 1. The van der Waals surface area contributed by atoms with Crippen molar-refractivity contribution in [3.8, 4) is 5.75 Å². The van der Waals surface area contributed by atoms with Gasteiger partial charge in [0.05, 0.1) is 7.11 Å². The molecule has 418 valence electrons. The molecule has 2 aliphatic heterocycles. The number of nitrogens with two attached hydrogens (primary N) is 2. The first-order valence-electron chi connectivity index (χ1n) is 26.1. The number of nitrogens with zero attached hydrogens (tertiary/aromatic N) is 3. The van der Waals surface area contributed by atoms with Gasteiger partial charge in [0, 0.05) is 39.3 Å². The van der Waals surface area contributed by atoms with Crippen LogP contribution < -0.4 is 38.1 Å². The predicted octanol–water partition coefficient (Wildman–Crippen LogP) is 0.706. The molecule has 9 atom stereocenters. The molecular formula is C53H78N10O13. The minimum absolute atomic E-state index is 0.00547. The molecule has 2 saturated heterocycles. The van der Waals surface area contributed by atoms with Crippen molar-refractivity contribution in [2.24, 2.45) is 22.4 Å². The fourth-order valence-corrected chi connectivity index (χ4v) is 9.01. The summed E-state index contributed by atoms with van der Waals surface area (Å²) in [7, 11) is 2.51. The van der Waals surface area contributed by atoms with Gasteiger partial charge in [-0.15, -0.1) is 0 Å². The van der Waals surface area contributed by atoms with Crippen molar-refractivity contribution in [2.75, 3.05) is 20.7 Å². The zero-order valence-corrected chi connectivity index (χ0v) is 44.5. The average molecular weight is 1060 g/mol. The summed E-state index contributed by atoms with van der Waals surface area (Å²) in [6.07, 6.45) is 0.0365. The number of aliphatic hydroxyl groups is 1. The highest BCUT2D eigenvalue weighted by molar-refractivity contribution is 5.98. The van der Waals surface area contributed by atoms with Crippen molar-refractivity contribution in [2.45, 2.75) is 172 Å². The van der Waals surface area contributed by atoms with E-state index in [9.17, 15) is 48.6 Å². The van der Waals surface area contributed by atoms with Gasteiger partial charge in [0.15, 0.2) is 5.96 Å². The maximum atomic E-state index is 15.1. The van der Waals surface area contributed by atoms with Gasteiger partial charge in [-0.2, -0.15) is 0 Å². The Morgan fingerprint density at radius 2 is 1.49 bits per heavy atom. The number of phenols is 1. The monoisotopic (exact) mass is 1060 g/mol. The Balaban J connectivity index is 1.86. The topological polar surface area (TPSA) is 344 Å². The molecule has 11 N–H and O–H groups in total. The van der Waals surface area contributed by atoms with Gasteiger partial charge in [-0.3, -0.25) is 43.3 Å². The minimum Gasteiger partial charge on any atom is -0.508 e. The number of rotatable bonds is 21. The number of ether oxygens (including phenoxy) is 2. The summed E-state index contributed by atoms with van der Waals surface area (Å²) in [6.45, 7) is 6.58. The van der Waals surface area contributed by atoms with Crippen LogP contribution >= 0.6 is 0 Å². The Morgan fingerprint density at radius 1 is 0.829 bits per heavy atom. The zero-order chi connectivity index (χ0) is 56.1. The van der Waals surface area contributed by atoms with E-state index in [0.717, 1.165) is 42.6 Å². The smallest absolute Gasteiger partial charge is 0.329 e. The third kappa shape index (κ3) is 18.5. The fraction of sp³-hybridized carbons (Fsp3) is 0.585. The predicted molar refractivity (Wildman–Crippen MR) is 279 cm³/mol. The molecule has 0 aliphatic carbocycles. The van der Waals surface area contributed by atoms with E-state index in [1.165, 1.54) is 26.1 Å². The lowest BCUT2D eigenvalue weighted by molar-refractivity contribution is -0.165. The number of cyclic esters (lactones) is 1. The summed E-state index contributed by atoms with van der Waals surface area (Å²) in [4.78, 5) is 134. The highest BCUT2D eigenvalue weighted by Gasteiger charge is 2.46. The Bertz CT molecular complexity index is 2330. The normalized spacial score (nSPS) is 23.4. The average Bonchev–Trinajstić information content (AvgIpc) is 3.38. The van der Waals surface area contributed by atoms with E-state index >= 15 is 4.79 Å². The first-order chi connectivity index (χ1) is 36.1. The van der Waals surface area contributed by atoms with Crippen LogP contribution in [0.2, 0.25) is 0 Å². The lowest BCUT2D eigenvalue weighted by Gasteiger charge is -2.43. The maximum absolute atomic E-state index is 15.1. The number of hydrogen-bond acceptors (Lipinski definition) is 14. The van der Waals surface area contributed by atoms with Gasteiger partial charge in [-0.1, -0.05) is 88.9 Å². The van der Waals surface area contributed by atoms with Crippen molar-refractivity contribution >= 4 is 59.2 Å². The first-order valence-corrected chi connectivity index (χ1v) is 26.1. The second kappa shape index (κ2) is 30.3. The number of methoxy groups -OCH3 is 1. The number of aromatic hydroxyl groups is 1. The molecule has 23 nitrogen and oxygen atoms in total. The van der Waals surface area contributed by atoms with E-state index < -0.39 is 114 Å². The Labute approximate surface area is 444 Å². The maximum Gasteiger partial charge on any atom is 0.329 e. The van der Waals surface area contributed by atoms with Crippen LogP contribution in [0.1, 0.15) is 116 Å². The van der Waals surface area contributed by atoms with Crippen LogP contribution in [0, 0.1) is 5.92 Å². The lowest BCUT2D eigenvalue weighted by atomic mass is 9.95. The molecule has 4 rings (SSSR count). The van der Waals surface area contributed by atoms with Gasteiger partial charge in [0.1, 0.15) is 60.4 Å². The number of phenolic OH excluding ortho intramolecular Hbond substituents is 1. The van der Waals surface area contributed by atoms with E-state index in [2.05, 4.69) is 38.5 Å². The molecule has 0 aromatic heterocycles. The number of esters is 2. The third-order valence-electron chi connectivity index (χ3n) is 13.5. The van der Waals surface area contributed by atoms with E-state index in [4.69, 9.17) is 20.9 Å². The van der Waals surface area contributed by atoms with Gasteiger partial charge >= 0.3 is 11.9 Å². The third-order valence-corrected chi connectivity index (χ3v) is 13.5. The number of carbonyl (C=O) groups is 9. The quantitative estimate of drug-likeness (QED) is 0.0360. The van der Waals surface area contributed by atoms with E-state index in [-0.39, 0.29) is 76.0 Å². The number of fused-ring (bicyclic) bond motifs is 2. The molecule has 0 spiro atoms. The highest BCUT2D eigenvalue weighted by atomic mass is 16.5. The zero-order valence-electron chi connectivity index (χ0n) is 44.5. The van der Waals surface area contributed by atoms with Gasteiger partial charge < -0.3 is 67.5 Å². The highest BCUT2D eigenvalue weighted by Crippen LogP contribution is 2.26. The number of piperidine rings is 1. The second-order valence-corrected chi connectivity index (χ2v) is 19.7. The van der Waals surface area contributed by atoms with E-state index in [1.54, 1.807) is 56.3 Å². The number of unbranched alkanes of at least 4 members (excludes halogenated alkanes) is 4. The van der Waals surface area contributed by atoms with Crippen LogP contribution in [0.25, 0.3) is 0 Å². The number of amides is 7. The number of hydrogen-bond donors (Lipinski definition) is 9. The van der Waals surface area contributed by atoms with Crippen LogP contribution in [-0.4, -0.2) is 155 Å². The van der Waals surface area contributed by atoms with Crippen LogP contribution in [0.4, 0.5) is 0 Å². The molecule has 76 heavy (non-hydrogen) atoms. The van der Waals surface area contributed by atoms with Crippen molar-refractivity contribution in [1.29, 1.82) is 0 Å². The van der Waals surface area contributed by atoms with Crippen LogP contribution in [0.3, 0.4) is 0 Å². The summed E-state index contributed by atoms with van der Waals surface area (Å²) in [6, 6.07) is 4.22. The molecule has 2 aliphatic rings. The van der Waals surface area contributed by atoms with Gasteiger partial charge in [-0.05, 0) is 74.6 Å². The SMILES string of the molecule is CCCCCCCC(=O)NC(CCC(=O)OC)C(=O)NC1C(=O)NC(CCCN=C(N)N)C(=O)NC2CCC(O)N(C2=O)C(Cc2ccccc2)C(=O)N(C)C(Cc2ccc(O)cc2)C(=O)NC(C(C)C)C(=O)OC1C. The van der Waals surface area contributed by atoms with Crippen molar-refractivity contribution in [3.05, 3.63) is 65.7 Å². The molecule has 2 bridgehead atoms. The number of carbonyl (C=O) groups excluding carboxylic acids is 9. The first kappa shape index (κ1) is 61.2. The lowest BCUT2D eigenvalue weighted by Crippen LogP contribution is -2.65. The van der Waals surface area contributed by atoms with Crippen molar-refractivity contribution < 1.29 is 62.8 Å². The number of benzene rings is 2. The van der Waals surface area contributed by atoms with Crippen molar-refractivity contribution in [3.63, 3.8) is 0 Å². The summed E-state index contributed by atoms with van der Waals surface area (Å²) >= 11 is 0.